The molecule has 2 rings (SSSR count). The number of aromatic amines is 1. The van der Waals surface area contributed by atoms with Crippen LogP contribution in [0.1, 0.15) is 56.0 Å². The van der Waals surface area contributed by atoms with Gasteiger partial charge in [-0.05, 0) is 39.5 Å². The number of H-pyrrole nitrogens is 1. The van der Waals surface area contributed by atoms with E-state index in [9.17, 15) is 0 Å². The fourth-order valence-electron chi connectivity index (χ4n) is 2.90. The standard InChI is InChI=1S/C14H25N3/c1-10(13-7-5-4-6-8-13)15-9-14-11(2)16-17-12(14)3/h10,13,15H,4-9H2,1-3H3,(H,16,17). The lowest BCUT2D eigenvalue weighted by Crippen LogP contribution is -2.34. The Bertz CT molecular complexity index is 331. The zero-order chi connectivity index (χ0) is 12.3. The van der Waals surface area contributed by atoms with Crippen LogP contribution in [0.25, 0.3) is 0 Å². The fourth-order valence-corrected chi connectivity index (χ4v) is 2.90. The molecule has 17 heavy (non-hydrogen) atoms. The second-order valence-electron chi connectivity index (χ2n) is 5.48. The first-order chi connectivity index (χ1) is 8.18. The molecule has 1 aliphatic rings. The number of hydrogen-bond acceptors (Lipinski definition) is 2. The van der Waals surface area contributed by atoms with Crippen LogP contribution in [-0.4, -0.2) is 16.2 Å². The highest BCUT2D eigenvalue weighted by Crippen LogP contribution is 2.26. The fraction of sp³-hybridized carbons (Fsp3) is 0.786. The molecule has 96 valence electrons. The molecule has 0 amide bonds. The largest absolute Gasteiger partial charge is 0.310 e. The van der Waals surface area contributed by atoms with Gasteiger partial charge in [0, 0.05) is 23.8 Å². The highest BCUT2D eigenvalue weighted by Gasteiger charge is 2.20. The number of nitrogens with zero attached hydrogens (tertiary/aromatic N) is 1. The summed E-state index contributed by atoms with van der Waals surface area (Å²) >= 11 is 0. The molecule has 3 heteroatoms. The number of hydrogen-bond donors (Lipinski definition) is 2. The molecule has 0 bridgehead atoms. The minimum Gasteiger partial charge on any atom is -0.310 e. The van der Waals surface area contributed by atoms with Crippen LogP contribution >= 0.6 is 0 Å². The van der Waals surface area contributed by atoms with Crippen molar-refractivity contribution in [1.29, 1.82) is 0 Å². The normalized spacial score (nSPS) is 19.5. The average Bonchev–Trinajstić information content (AvgIpc) is 2.67. The molecule has 1 saturated carbocycles. The molecule has 0 saturated heterocycles. The summed E-state index contributed by atoms with van der Waals surface area (Å²) in [6.45, 7) is 7.46. The van der Waals surface area contributed by atoms with Crippen molar-refractivity contribution in [2.75, 3.05) is 0 Å². The van der Waals surface area contributed by atoms with Crippen molar-refractivity contribution in [3.63, 3.8) is 0 Å². The summed E-state index contributed by atoms with van der Waals surface area (Å²) in [4.78, 5) is 0. The van der Waals surface area contributed by atoms with Gasteiger partial charge in [0.1, 0.15) is 0 Å². The van der Waals surface area contributed by atoms with Gasteiger partial charge in [-0.1, -0.05) is 19.3 Å². The first-order valence-electron chi connectivity index (χ1n) is 6.92. The summed E-state index contributed by atoms with van der Waals surface area (Å²) in [7, 11) is 0. The monoisotopic (exact) mass is 235 g/mol. The molecule has 0 spiro atoms. The van der Waals surface area contributed by atoms with Crippen LogP contribution in [0.2, 0.25) is 0 Å². The number of aromatic nitrogens is 2. The van der Waals surface area contributed by atoms with Gasteiger partial charge in [0.25, 0.3) is 0 Å². The second-order valence-corrected chi connectivity index (χ2v) is 5.48. The number of aryl methyl sites for hydroxylation is 2. The Balaban J connectivity index is 1.85. The van der Waals surface area contributed by atoms with E-state index in [-0.39, 0.29) is 0 Å². The van der Waals surface area contributed by atoms with Crippen LogP contribution in [0.5, 0.6) is 0 Å². The smallest absolute Gasteiger partial charge is 0.0638 e. The molecule has 0 aromatic carbocycles. The summed E-state index contributed by atoms with van der Waals surface area (Å²) in [5.74, 6) is 0.872. The minimum absolute atomic E-state index is 0.629. The predicted molar refractivity (Wildman–Crippen MR) is 70.9 cm³/mol. The number of nitrogens with one attached hydrogen (secondary N) is 2. The quantitative estimate of drug-likeness (QED) is 0.842. The summed E-state index contributed by atoms with van der Waals surface area (Å²) in [6, 6.07) is 0.629. The van der Waals surface area contributed by atoms with Crippen LogP contribution in [0.3, 0.4) is 0 Å². The zero-order valence-corrected chi connectivity index (χ0v) is 11.3. The molecule has 1 aromatic rings. The highest BCUT2D eigenvalue weighted by molar-refractivity contribution is 5.22. The van der Waals surface area contributed by atoms with Crippen molar-refractivity contribution in [3.05, 3.63) is 17.0 Å². The van der Waals surface area contributed by atoms with Gasteiger partial charge >= 0.3 is 0 Å². The molecular formula is C14H25N3. The topological polar surface area (TPSA) is 40.7 Å². The van der Waals surface area contributed by atoms with Crippen LogP contribution in [0.15, 0.2) is 0 Å². The van der Waals surface area contributed by atoms with Gasteiger partial charge in [0.2, 0.25) is 0 Å². The molecule has 1 fully saturated rings. The van der Waals surface area contributed by atoms with E-state index >= 15 is 0 Å². The van der Waals surface area contributed by atoms with Gasteiger partial charge in [0.05, 0.1) is 5.69 Å². The summed E-state index contributed by atoms with van der Waals surface area (Å²) < 4.78 is 0. The Labute approximate surface area is 104 Å². The van der Waals surface area contributed by atoms with Crippen molar-refractivity contribution < 1.29 is 0 Å². The van der Waals surface area contributed by atoms with E-state index in [1.165, 1.54) is 43.4 Å². The van der Waals surface area contributed by atoms with E-state index in [0.717, 1.165) is 18.2 Å². The van der Waals surface area contributed by atoms with Gasteiger partial charge in [-0.3, -0.25) is 5.10 Å². The van der Waals surface area contributed by atoms with Crippen molar-refractivity contribution >= 4 is 0 Å². The third-order valence-electron chi connectivity index (χ3n) is 4.24. The Hall–Kier alpha value is -0.830. The summed E-state index contributed by atoms with van der Waals surface area (Å²) in [5, 5.41) is 11.0. The van der Waals surface area contributed by atoms with Crippen molar-refractivity contribution in [2.45, 2.75) is 65.5 Å². The van der Waals surface area contributed by atoms with Crippen molar-refractivity contribution in [2.24, 2.45) is 5.92 Å². The average molecular weight is 235 g/mol. The molecule has 0 aliphatic heterocycles. The van der Waals surface area contributed by atoms with Crippen LogP contribution in [0.4, 0.5) is 0 Å². The lowest BCUT2D eigenvalue weighted by Gasteiger charge is -2.28. The van der Waals surface area contributed by atoms with Crippen LogP contribution in [-0.2, 0) is 6.54 Å². The maximum Gasteiger partial charge on any atom is 0.0638 e. The summed E-state index contributed by atoms with van der Waals surface area (Å²) in [5.41, 5.74) is 3.67. The zero-order valence-electron chi connectivity index (χ0n) is 11.3. The maximum atomic E-state index is 4.24. The molecule has 1 atom stereocenters. The Kier molecular flexibility index (Phi) is 4.21. The van der Waals surface area contributed by atoms with Gasteiger partial charge in [0.15, 0.2) is 0 Å². The van der Waals surface area contributed by atoms with Crippen LogP contribution < -0.4 is 5.32 Å². The van der Waals surface area contributed by atoms with E-state index in [2.05, 4.69) is 36.3 Å². The molecular weight excluding hydrogens is 210 g/mol. The Morgan fingerprint density at radius 3 is 2.59 bits per heavy atom. The molecule has 2 N–H and O–H groups in total. The predicted octanol–water partition coefficient (Wildman–Crippen LogP) is 3.08. The van der Waals surface area contributed by atoms with E-state index in [1.807, 2.05) is 0 Å². The third kappa shape index (κ3) is 3.09. The minimum atomic E-state index is 0.629. The van der Waals surface area contributed by atoms with E-state index in [4.69, 9.17) is 0 Å². The first kappa shape index (κ1) is 12.6. The lowest BCUT2D eigenvalue weighted by molar-refractivity contribution is 0.280. The van der Waals surface area contributed by atoms with Gasteiger partial charge in [-0.25, -0.2) is 0 Å². The molecule has 1 unspecified atom stereocenters. The third-order valence-corrected chi connectivity index (χ3v) is 4.24. The molecule has 0 radical (unpaired) electrons. The van der Waals surface area contributed by atoms with Gasteiger partial charge in [-0.2, -0.15) is 5.10 Å². The van der Waals surface area contributed by atoms with E-state index in [0.29, 0.717) is 6.04 Å². The molecule has 3 nitrogen and oxygen atoms in total. The highest BCUT2D eigenvalue weighted by atomic mass is 15.1. The van der Waals surface area contributed by atoms with Crippen molar-refractivity contribution in [1.82, 2.24) is 15.5 Å². The van der Waals surface area contributed by atoms with E-state index < -0.39 is 0 Å². The second kappa shape index (κ2) is 5.67. The van der Waals surface area contributed by atoms with Crippen LogP contribution in [0, 0.1) is 19.8 Å². The molecule has 1 aromatic heterocycles. The van der Waals surface area contributed by atoms with Crippen molar-refractivity contribution in [3.8, 4) is 0 Å². The lowest BCUT2D eigenvalue weighted by atomic mass is 9.84. The van der Waals surface area contributed by atoms with Gasteiger partial charge in [-0.15, -0.1) is 0 Å². The molecule has 1 aliphatic carbocycles. The SMILES string of the molecule is Cc1n[nH]c(C)c1CNC(C)C1CCCCC1. The first-order valence-corrected chi connectivity index (χ1v) is 6.92. The van der Waals surface area contributed by atoms with E-state index in [1.54, 1.807) is 0 Å². The Morgan fingerprint density at radius 2 is 2.00 bits per heavy atom. The Morgan fingerprint density at radius 1 is 1.29 bits per heavy atom. The number of rotatable bonds is 4. The summed E-state index contributed by atoms with van der Waals surface area (Å²) in [6.07, 6.45) is 7.07. The maximum absolute atomic E-state index is 4.24. The molecule has 1 heterocycles. The van der Waals surface area contributed by atoms with Gasteiger partial charge < -0.3 is 5.32 Å².